The zero-order chi connectivity index (χ0) is 31.2. The molecule has 0 atom stereocenters. The summed E-state index contributed by atoms with van der Waals surface area (Å²) >= 11 is 8.53. The lowest BCUT2D eigenvalue weighted by atomic mass is 9.74. The van der Waals surface area contributed by atoms with Crippen LogP contribution >= 0.6 is 22.9 Å². The Kier molecular flexibility index (Phi) is 11.4. The minimum absolute atomic E-state index is 0.106. The van der Waals surface area contributed by atoms with Gasteiger partial charge in [0.15, 0.2) is 0 Å². The number of aromatic nitrogens is 2. The van der Waals surface area contributed by atoms with E-state index in [1.165, 1.54) is 0 Å². The predicted molar refractivity (Wildman–Crippen MR) is 182 cm³/mol. The zero-order valence-corrected chi connectivity index (χ0v) is 28.6. The van der Waals surface area contributed by atoms with Crippen molar-refractivity contribution < 1.29 is 9.84 Å². The van der Waals surface area contributed by atoms with E-state index in [4.69, 9.17) is 16.3 Å². The Hall–Kier alpha value is -2.39. The molecule has 1 spiro atoms. The maximum absolute atomic E-state index is 11.2. The van der Waals surface area contributed by atoms with Crippen LogP contribution in [0.3, 0.4) is 0 Å². The van der Waals surface area contributed by atoms with Crippen molar-refractivity contribution in [1.29, 1.82) is 0 Å². The van der Waals surface area contributed by atoms with E-state index in [1.807, 2.05) is 45.9 Å². The monoisotopic (exact) mass is 627 g/mol. The number of para-hydroxylation sites is 2. The van der Waals surface area contributed by atoms with Crippen LogP contribution in [0.4, 0.5) is 22.2 Å². The predicted octanol–water partition coefficient (Wildman–Crippen LogP) is 9.12. The Morgan fingerprint density at radius 3 is 2.37 bits per heavy atom. The molecule has 0 saturated carbocycles. The van der Waals surface area contributed by atoms with E-state index in [0.29, 0.717) is 5.92 Å². The highest BCUT2D eigenvalue weighted by Gasteiger charge is 2.48. The zero-order valence-electron chi connectivity index (χ0n) is 27.0. The molecule has 3 aliphatic rings. The van der Waals surface area contributed by atoms with Gasteiger partial charge in [-0.25, -0.2) is 0 Å². The fraction of sp³-hybridized carbons (Fsp3) is 0.588. The summed E-state index contributed by atoms with van der Waals surface area (Å²) in [4.78, 5) is 4.84. The number of piperidine rings is 1. The van der Waals surface area contributed by atoms with Gasteiger partial charge in [-0.2, -0.15) is 0 Å². The number of phenolic OH excluding ortho intramolecular Hbond substituents is 1. The number of phenols is 1. The van der Waals surface area contributed by atoms with Crippen LogP contribution < -0.4 is 10.2 Å². The van der Waals surface area contributed by atoms with E-state index >= 15 is 0 Å². The van der Waals surface area contributed by atoms with Gasteiger partial charge in [-0.15, -0.1) is 10.2 Å². The first-order chi connectivity index (χ1) is 20.7. The summed E-state index contributed by atoms with van der Waals surface area (Å²) in [5.74, 6) is 0.687. The van der Waals surface area contributed by atoms with Crippen LogP contribution in [0.5, 0.6) is 5.75 Å². The molecule has 0 amide bonds. The molecule has 2 saturated heterocycles. The molecule has 1 aromatic heterocycles. The second-order valence-corrected chi connectivity index (χ2v) is 13.9. The van der Waals surface area contributed by atoms with Gasteiger partial charge in [-0.1, -0.05) is 83.5 Å². The van der Waals surface area contributed by atoms with Crippen molar-refractivity contribution in [2.45, 2.75) is 85.5 Å². The van der Waals surface area contributed by atoms with Crippen LogP contribution in [-0.4, -0.2) is 59.6 Å². The number of nitrogens with zero attached hydrogens (tertiary/aromatic N) is 4. The highest BCUT2D eigenvalue weighted by molar-refractivity contribution is 7.15. The van der Waals surface area contributed by atoms with Gasteiger partial charge in [0.05, 0.1) is 17.1 Å². The van der Waals surface area contributed by atoms with Gasteiger partial charge < -0.3 is 25.0 Å². The molecule has 3 aliphatic heterocycles. The topological polar surface area (TPSA) is 73.8 Å². The molecule has 3 aromatic rings. The molecule has 2 fully saturated rings. The quantitative estimate of drug-likeness (QED) is 0.292. The number of benzene rings is 2. The smallest absolute Gasteiger partial charge is 0.210 e. The van der Waals surface area contributed by atoms with Gasteiger partial charge in [-0.05, 0) is 68.5 Å². The molecule has 0 unspecified atom stereocenters. The molecule has 2 N–H and O–H groups in total. The number of nitrogens with one attached hydrogen (secondary N) is 1. The highest BCUT2D eigenvalue weighted by atomic mass is 35.5. The average molecular weight is 628 g/mol. The number of aromatic hydroxyl groups is 1. The molecular formula is C34H50ClN5O2S. The lowest BCUT2D eigenvalue weighted by Crippen LogP contribution is -2.46. The van der Waals surface area contributed by atoms with Crippen LogP contribution in [0.15, 0.2) is 36.4 Å². The molecule has 7 nitrogen and oxygen atoms in total. The first kappa shape index (κ1) is 33.5. The van der Waals surface area contributed by atoms with Crippen molar-refractivity contribution in [3.05, 3.63) is 52.0 Å². The Morgan fingerprint density at radius 2 is 1.70 bits per heavy atom. The third-order valence-corrected chi connectivity index (χ3v) is 9.64. The van der Waals surface area contributed by atoms with E-state index < -0.39 is 0 Å². The number of hydrogen-bond donors (Lipinski definition) is 2. The highest BCUT2D eigenvalue weighted by Crippen LogP contribution is 2.56. The summed E-state index contributed by atoms with van der Waals surface area (Å²) in [6, 6.07) is 11.8. The minimum atomic E-state index is -0.106. The molecule has 0 bridgehead atoms. The SMILES string of the molecule is CC.CC.CC(C)(C)CN1CCC2(CC1)CN(c1ccccc1Nc1nnc(C3CCOCC3)s1)c1c(O)ccc(Cl)c12. The Labute approximate surface area is 267 Å². The largest absolute Gasteiger partial charge is 0.506 e. The molecular weight excluding hydrogens is 578 g/mol. The number of hydrogen-bond acceptors (Lipinski definition) is 8. The third-order valence-electron chi connectivity index (χ3n) is 8.33. The summed E-state index contributed by atoms with van der Waals surface area (Å²) in [5, 5.41) is 26.3. The molecule has 9 heteroatoms. The fourth-order valence-electron chi connectivity index (χ4n) is 6.54. The normalized spacial score (nSPS) is 18.4. The van der Waals surface area contributed by atoms with Gasteiger partial charge in [0, 0.05) is 48.2 Å². The lowest BCUT2D eigenvalue weighted by Gasteiger charge is -2.42. The average Bonchev–Trinajstić information content (AvgIpc) is 3.62. The maximum Gasteiger partial charge on any atom is 0.210 e. The lowest BCUT2D eigenvalue weighted by molar-refractivity contribution is 0.0851. The van der Waals surface area contributed by atoms with Crippen molar-refractivity contribution in [2.75, 3.05) is 49.6 Å². The first-order valence-electron chi connectivity index (χ1n) is 16.0. The number of rotatable bonds is 5. The summed E-state index contributed by atoms with van der Waals surface area (Å²) < 4.78 is 5.52. The van der Waals surface area contributed by atoms with E-state index in [9.17, 15) is 5.11 Å². The second-order valence-electron chi connectivity index (χ2n) is 12.5. The van der Waals surface area contributed by atoms with Crippen LogP contribution in [-0.2, 0) is 10.2 Å². The summed E-state index contributed by atoms with van der Waals surface area (Å²) in [7, 11) is 0. The van der Waals surface area contributed by atoms with Crippen LogP contribution in [0, 0.1) is 5.41 Å². The minimum Gasteiger partial charge on any atom is -0.506 e. The molecule has 6 rings (SSSR count). The van der Waals surface area contributed by atoms with Crippen molar-refractivity contribution in [3.8, 4) is 5.75 Å². The van der Waals surface area contributed by atoms with Crippen LogP contribution in [0.25, 0.3) is 0 Å². The fourth-order valence-corrected chi connectivity index (χ4v) is 7.82. The molecule has 236 valence electrons. The molecule has 0 aliphatic carbocycles. The van der Waals surface area contributed by atoms with E-state index in [0.717, 1.165) is 103 Å². The Morgan fingerprint density at radius 1 is 1.02 bits per heavy atom. The molecule has 4 heterocycles. The number of ether oxygens (including phenoxy) is 1. The standard InChI is InChI=1S/C30H38ClN5O2S.2C2H6/c1-29(2,3)18-35-14-12-30(13-15-35)19-36(26-24(37)9-8-21(31)25(26)30)23-7-5-4-6-22(23)32-28-34-33-27(39-28)20-10-16-38-17-11-20;2*1-2/h4-9,20,37H,10-19H2,1-3H3,(H,32,34);2*1-2H3. The third kappa shape index (κ3) is 7.47. The van der Waals surface area contributed by atoms with Gasteiger partial charge >= 0.3 is 0 Å². The van der Waals surface area contributed by atoms with Crippen molar-refractivity contribution in [1.82, 2.24) is 15.1 Å². The van der Waals surface area contributed by atoms with Crippen molar-refractivity contribution >= 4 is 45.1 Å². The first-order valence-corrected chi connectivity index (χ1v) is 17.2. The number of fused-ring (bicyclic) bond motifs is 2. The Balaban J connectivity index is 0.00000102. The van der Waals surface area contributed by atoms with Gasteiger partial charge in [-0.3, -0.25) is 0 Å². The van der Waals surface area contributed by atoms with Crippen LogP contribution in [0.1, 0.15) is 90.6 Å². The van der Waals surface area contributed by atoms with Gasteiger partial charge in [0.2, 0.25) is 5.13 Å². The maximum atomic E-state index is 11.2. The molecule has 2 aromatic carbocycles. The summed E-state index contributed by atoms with van der Waals surface area (Å²) in [6.07, 6.45) is 4.00. The number of halogens is 1. The molecule has 0 radical (unpaired) electrons. The van der Waals surface area contributed by atoms with Gasteiger partial charge in [0.1, 0.15) is 10.8 Å². The van der Waals surface area contributed by atoms with E-state index in [2.05, 4.69) is 58.2 Å². The van der Waals surface area contributed by atoms with Gasteiger partial charge in [0.25, 0.3) is 0 Å². The van der Waals surface area contributed by atoms with E-state index in [-0.39, 0.29) is 16.6 Å². The summed E-state index contributed by atoms with van der Waals surface area (Å²) in [5.41, 5.74) is 4.03. The van der Waals surface area contributed by atoms with Crippen LogP contribution in [0.2, 0.25) is 5.02 Å². The number of anilines is 4. The second kappa shape index (κ2) is 14.6. The summed E-state index contributed by atoms with van der Waals surface area (Å²) in [6.45, 7) is 20.4. The van der Waals surface area contributed by atoms with Crippen molar-refractivity contribution in [2.24, 2.45) is 5.41 Å². The Bertz CT molecular complexity index is 1330. The van der Waals surface area contributed by atoms with E-state index in [1.54, 1.807) is 17.4 Å². The van der Waals surface area contributed by atoms with Crippen molar-refractivity contribution in [3.63, 3.8) is 0 Å². The number of likely N-dealkylation sites (tertiary alicyclic amines) is 1. The molecule has 43 heavy (non-hydrogen) atoms.